The summed E-state index contributed by atoms with van der Waals surface area (Å²) in [6.45, 7) is 5.71. The summed E-state index contributed by atoms with van der Waals surface area (Å²) in [6, 6.07) is 8.69. The Morgan fingerprint density at radius 1 is 1.19 bits per heavy atom. The third kappa shape index (κ3) is 5.82. The molecule has 1 fully saturated rings. The third-order valence-electron chi connectivity index (χ3n) is 4.11. The lowest BCUT2D eigenvalue weighted by atomic mass is 10.3. The number of rotatable bonds is 7. The van der Waals surface area contributed by atoms with E-state index in [1.165, 1.54) is 6.33 Å². The van der Waals surface area contributed by atoms with Gasteiger partial charge >= 0.3 is 6.03 Å². The Morgan fingerprint density at radius 3 is 2.70 bits per heavy atom. The Kier molecular flexibility index (Phi) is 6.81. The van der Waals surface area contributed by atoms with E-state index in [1.807, 2.05) is 12.1 Å². The maximum absolute atomic E-state index is 12.2. The number of nitrogens with one attached hydrogen (secondary N) is 2. The molecule has 0 saturated carbocycles. The van der Waals surface area contributed by atoms with Crippen molar-refractivity contribution in [2.24, 2.45) is 0 Å². The van der Waals surface area contributed by atoms with Gasteiger partial charge in [-0.15, -0.1) is 0 Å². The fraction of sp³-hybridized carbons (Fsp3) is 0.421. The summed E-state index contributed by atoms with van der Waals surface area (Å²) in [5, 5.41) is 5.52. The molecule has 8 heteroatoms. The van der Waals surface area contributed by atoms with Crippen LogP contribution in [0.2, 0.25) is 0 Å². The highest BCUT2D eigenvalue weighted by atomic mass is 16.5. The monoisotopic (exact) mass is 371 g/mol. The number of hydrogen-bond donors (Lipinski definition) is 2. The topological polar surface area (TPSA) is 88.6 Å². The Balaban J connectivity index is 1.53. The predicted molar refractivity (Wildman–Crippen MR) is 105 cm³/mol. The highest BCUT2D eigenvalue weighted by Gasteiger charge is 2.13. The summed E-state index contributed by atoms with van der Waals surface area (Å²) in [4.78, 5) is 22.7. The number of morpholine rings is 1. The Bertz CT molecular complexity index is 732. The summed E-state index contributed by atoms with van der Waals surface area (Å²) in [7, 11) is 0. The molecule has 0 atom stereocenters. The van der Waals surface area contributed by atoms with Crippen LogP contribution in [0.3, 0.4) is 0 Å². The van der Waals surface area contributed by atoms with Gasteiger partial charge in [-0.25, -0.2) is 14.8 Å². The number of hydrogen-bond acceptors (Lipinski definition) is 6. The lowest BCUT2D eigenvalue weighted by Crippen LogP contribution is -2.36. The van der Waals surface area contributed by atoms with Crippen LogP contribution in [0.5, 0.6) is 5.75 Å². The minimum Gasteiger partial charge on any atom is -0.494 e. The van der Waals surface area contributed by atoms with Crippen LogP contribution in [-0.2, 0) is 4.74 Å². The van der Waals surface area contributed by atoms with E-state index in [2.05, 4.69) is 32.4 Å². The Hall–Kier alpha value is -2.87. The Labute approximate surface area is 158 Å². The van der Waals surface area contributed by atoms with E-state index in [9.17, 15) is 4.79 Å². The van der Waals surface area contributed by atoms with Gasteiger partial charge in [0, 0.05) is 24.8 Å². The van der Waals surface area contributed by atoms with Gasteiger partial charge in [0.15, 0.2) is 0 Å². The van der Waals surface area contributed by atoms with Crippen molar-refractivity contribution in [3.8, 4) is 5.75 Å². The van der Waals surface area contributed by atoms with Gasteiger partial charge in [0.1, 0.15) is 23.7 Å². The van der Waals surface area contributed by atoms with Crippen LogP contribution >= 0.6 is 0 Å². The molecule has 0 aliphatic carbocycles. The lowest BCUT2D eigenvalue weighted by molar-refractivity contribution is 0.122. The van der Waals surface area contributed by atoms with E-state index in [0.717, 1.165) is 37.5 Å². The largest absolute Gasteiger partial charge is 0.494 e. The molecule has 1 saturated heterocycles. The van der Waals surface area contributed by atoms with Crippen LogP contribution in [0, 0.1) is 0 Å². The first-order valence-corrected chi connectivity index (χ1v) is 9.20. The van der Waals surface area contributed by atoms with Crippen molar-refractivity contribution in [2.75, 3.05) is 48.4 Å². The van der Waals surface area contributed by atoms with E-state index in [4.69, 9.17) is 9.47 Å². The maximum atomic E-state index is 12.2. The predicted octanol–water partition coefficient (Wildman–Crippen LogP) is 3.14. The highest BCUT2D eigenvalue weighted by molar-refractivity contribution is 5.99. The molecule has 0 unspecified atom stereocenters. The van der Waals surface area contributed by atoms with Crippen molar-refractivity contribution in [1.82, 2.24) is 9.97 Å². The van der Waals surface area contributed by atoms with Crippen molar-refractivity contribution in [2.45, 2.75) is 19.8 Å². The number of carbonyl (C=O) groups is 1. The van der Waals surface area contributed by atoms with E-state index in [1.54, 1.807) is 18.2 Å². The quantitative estimate of drug-likeness (QED) is 0.727. The van der Waals surface area contributed by atoms with E-state index >= 15 is 0 Å². The van der Waals surface area contributed by atoms with Gasteiger partial charge in [0.2, 0.25) is 0 Å². The van der Waals surface area contributed by atoms with Crippen molar-refractivity contribution < 1.29 is 14.3 Å². The average Bonchev–Trinajstić information content (AvgIpc) is 2.70. The molecule has 1 aliphatic heterocycles. The number of unbranched alkanes of at least 4 members (excludes halogenated alkanes) is 1. The first-order valence-electron chi connectivity index (χ1n) is 9.20. The summed E-state index contributed by atoms with van der Waals surface area (Å²) < 4.78 is 11.0. The molecular formula is C19H25N5O3. The zero-order valence-corrected chi connectivity index (χ0v) is 15.5. The van der Waals surface area contributed by atoms with E-state index < -0.39 is 0 Å². The van der Waals surface area contributed by atoms with Crippen molar-refractivity contribution >= 4 is 23.4 Å². The normalized spacial score (nSPS) is 13.9. The van der Waals surface area contributed by atoms with Crippen molar-refractivity contribution in [3.05, 3.63) is 36.7 Å². The number of urea groups is 1. The lowest BCUT2D eigenvalue weighted by Gasteiger charge is -2.27. The molecule has 2 heterocycles. The second-order valence-electron chi connectivity index (χ2n) is 6.17. The molecule has 0 spiro atoms. The molecule has 3 rings (SSSR count). The minimum atomic E-state index is -0.360. The molecule has 2 aromatic rings. The summed E-state index contributed by atoms with van der Waals surface area (Å²) in [5.41, 5.74) is 0.679. The summed E-state index contributed by atoms with van der Waals surface area (Å²) in [6.07, 6.45) is 3.56. The van der Waals surface area contributed by atoms with Gasteiger partial charge < -0.3 is 19.7 Å². The van der Waals surface area contributed by atoms with E-state index in [-0.39, 0.29) is 6.03 Å². The second-order valence-corrected chi connectivity index (χ2v) is 6.17. The summed E-state index contributed by atoms with van der Waals surface area (Å²) in [5.74, 6) is 2.01. The first kappa shape index (κ1) is 18.9. The van der Waals surface area contributed by atoms with Crippen molar-refractivity contribution in [1.29, 1.82) is 0 Å². The first-order chi connectivity index (χ1) is 13.2. The van der Waals surface area contributed by atoms with Crippen LogP contribution < -0.4 is 20.3 Å². The highest BCUT2D eigenvalue weighted by Crippen LogP contribution is 2.18. The third-order valence-corrected chi connectivity index (χ3v) is 4.11. The fourth-order valence-electron chi connectivity index (χ4n) is 2.63. The standard InChI is InChI=1S/C19H25N5O3/c1-2-3-10-27-16-6-4-15(5-7-16)22-19(25)23-17-13-18(21-14-20-17)24-8-11-26-12-9-24/h4-7,13-14H,2-3,8-12H2,1H3,(H2,20,21,22,23,25). The molecule has 27 heavy (non-hydrogen) atoms. The van der Waals surface area contributed by atoms with Gasteiger partial charge in [-0.05, 0) is 30.7 Å². The molecule has 0 bridgehead atoms. The number of nitrogens with zero attached hydrogens (tertiary/aromatic N) is 3. The van der Waals surface area contributed by atoms with Gasteiger partial charge in [0.05, 0.1) is 19.8 Å². The smallest absolute Gasteiger partial charge is 0.324 e. The molecule has 2 N–H and O–H groups in total. The molecule has 1 aromatic carbocycles. The molecule has 2 amide bonds. The van der Waals surface area contributed by atoms with Crippen LogP contribution in [0.25, 0.3) is 0 Å². The number of ether oxygens (including phenoxy) is 2. The molecular weight excluding hydrogens is 346 g/mol. The maximum Gasteiger partial charge on any atom is 0.324 e. The van der Waals surface area contributed by atoms with Gasteiger partial charge in [-0.3, -0.25) is 5.32 Å². The van der Waals surface area contributed by atoms with Gasteiger partial charge in [-0.1, -0.05) is 13.3 Å². The SMILES string of the molecule is CCCCOc1ccc(NC(=O)Nc2cc(N3CCOCC3)ncn2)cc1. The zero-order valence-electron chi connectivity index (χ0n) is 15.5. The number of carbonyl (C=O) groups excluding carboxylic acids is 1. The molecule has 0 radical (unpaired) electrons. The Morgan fingerprint density at radius 2 is 1.96 bits per heavy atom. The molecule has 8 nitrogen and oxygen atoms in total. The number of amides is 2. The molecule has 1 aromatic heterocycles. The van der Waals surface area contributed by atoms with Crippen LogP contribution in [-0.4, -0.2) is 48.9 Å². The number of anilines is 3. The zero-order chi connectivity index (χ0) is 18.9. The fourth-order valence-corrected chi connectivity index (χ4v) is 2.63. The van der Waals surface area contributed by atoms with Crippen LogP contribution in [0.1, 0.15) is 19.8 Å². The summed E-state index contributed by atoms with van der Waals surface area (Å²) >= 11 is 0. The molecule has 144 valence electrons. The molecule has 1 aliphatic rings. The second kappa shape index (κ2) is 9.72. The number of aromatic nitrogens is 2. The average molecular weight is 371 g/mol. The van der Waals surface area contributed by atoms with Crippen LogP contribution in [0.15, 0.2) is 36.7 Å². The van der Waals surface area contributed by atoms with E-state index in [0.29, 0.717) is 31.3 Å². The van der Waals surface area contributed by atoms with Crippen LogP contribution in [0.4, 0.5) is 22.1 Å². The number of benzene rings is 1. The minimum absolute atomic E-state index is 0.360. The van der Waals surface area contributed by atoms with Gasteiger partial charge in [-0.2, -0.15) is 0 Å². The van der Waals surface area contributed by atoms with Crippen molar-refractivity contribution in [3.63, 3.8) is 0 Å². The van der Waals surface area contributed by atoms with Gasteiger partial charge in [0.25, 0.3) is 0 Å².